The quantitative estimate of drug-likeness (QED) is 0.0443. The van der Waals surface area contributed by atoms with E-state index in [0.29, 0.717) is 19.4 Å². The maximum absolute atomic E-state index is 11.8. The topological polar surface area (TPSA) is 66.8 Å². The number of ether oxygens (including phenoxy) is 1. The van der Waals surface area contributed by atoms with Gasteiger partial charge < -0.3 is 26.0 Å². The van der Waals surface area contributed by atoms with E-state index in [2.05, 4.69) is 25.2 Å². The molecule has 1 N–H and O–H groups in total. The minimum Gasteiger partial charge on any atom is -0.542 e. The Kier molecular flexibility index (Phi) is 41.3. The Morgan fingerprint density at radius 2 is 1.25 bits per heavy atom. The molecule has 1 fully saturated rings. The Morgan fingerprint density at radius 1 is 0.727 bits per heavy atom. The largest absolute Gasteiger partial charge is 2.00 e. The fourth-order valence-corrected chi connectivity index (χ4v) is 5.96. The van der Waals surface area contributed by atoms with Crippen LogP contribution in [0.25, 0.3) is 0 Å². The van der Waals surface area contributed by atoms with Crippen molar-refractivity contribution in [1.29, 1.82) is 0 Å². The van der Waals surface area contributed by atoms with Gasteiger partial charge in [0.15, 0.2) is 0 Å². The first-order valence-corrected chi connectivity index (χ1v) is 18.8. The van der Waals surface area contributed by atoms with Gasteiger partial charge in [0.05, 0.1) is 13.2 Å². The van der Waals surface area contributed by atoms with Crippen LogP contribution >= 0.6 is 0 Å². The Morgan fingerprint density at radius 3 is 1.84 bits per heavy atom. The van der Waals surface area contributed by atoms with Crippen molar-refractivity contribution in [3.05, 3.63) is 6.42 Å². The fourth-order valence-electron chi connectivity index (χ4n) is 5.96. The molecule has 0 aromatic heterocycles. The van der Waals surface area contributed by atoms with E-state index in [0.717, 1.165) is 76.9 Å². The summed E-state index contributed by atoms with van der Waals surface area (Å²) in [6, 6.07) is 0. The predicted octanol–water partition coefficient (Wildman–Crippen LogP) is 10.3. The number of esters is 1. The minimum absolute atomic E-state index is 0. The molecule has 0 atom stereocenters. The molecule has 0 amide bonds. The van der Waals surface area contributed by atoms with E-state index in [1.54, 1.807) is 0 Å². The number of aliphatic hydroxyl groups is 1. The van der Waals surface area contributed by atoms with Crippen molar-refractivity contribution >= 4 is 12.3 Å². The van der Waals surface area contributed by atoms with Crippen molar-refractivity contribution in [2.45, 2.75) is 187 Å². The Labute approximate surface area is 298 Å². The zero-order valence-corrected chi connectivity index (χ0v) is 33.6. The van der Waals surface area contributed by atoms with Crippen molar-refractivity contribution in [3.63, 3.8) is 0 Å². The van der Waals surface area contributed by atoms with Gasteiger partial charge in [-0.1, -0.05) is 136 Å². The summed E-state index contributed by atoms with van der Waals surface area (Å²) in [5.74, 6) is 1.04. The third-order valence-electron chi connectivity index (χ3n) is 8.81. The number of aliphatic hydroxyl groups excluding tert-OH is 1. The molecule has 6 heteroatoms. The van der Waals surface area contributed by atoms with Crippen LogP contribution in [0.1, 0.15) is 187 Å². The molecule has 0 aliphatic heterocycles. The number of unbranched alkanes of at least 4 members (excludes halogenated alkanes) is 17. The molecular weight excluding hydrogens is 772 g/mol. The third-order valence-corrected chi connectivity index (χ3v) is 8.81. The summed E-state index contributed by atoms with van der Waals surface area (Å²) in [5.41, 5.74) is 0. The maximum atomic E-state index is 11.8. The van der Waals surface area contributed by atoms with E-state index in [1.165, 1.54) is 109 Å². The van der Waals surface area contributed by atoms with Gasteiger partial charge in [-0.15, -0.1) is 0 Å². The molecular formula is C38H73NO4U. The minimum atomic E-state index is -0.0330. The molecule has 5 nitrogen and oxygen atoms in total. The molecule has 0 radical (unpaired) electrons. The molecule has 0 spiro atoms. The van der Waals surface area contributed by atoms with Crippen LogP contribution in [-0.4, -0.2) is 55.1 Å². The van der Waals surface area contributed by atoms with Crippen LogP contribution in [0.4, 0.5) is 0 Å². The molecule has 1 aliphatic rings. The van der Waals surface area contributed by atoms with Crippen LogP contribution in [-0.2, 0) is 14.3 Å². The number of carbonyl (C=O) groups excluding carboxylic acids is 2. The summed E-state index contributed by atoms with van der Waals surface area (Å²) >= 11 is 0. The summed E-state index contributed by atoms with van der Waals surface area (Å²) in [6.45, 7) is 8.17. The maximum Gasteiger partial charge on any atom is 2.00 e. The molecule has 0 saturated heterocycles. The summed E-state index contributed by atoms with van der Waals surface area (Å²) in [5, 5.41) is 9.27. The van der Waals surface area contributed by atoms with Crippen molar-refractivity contribution in [3.8, 4) is 0 Å². The van der Waals surface area contributed by atoms with E-state index in [9.17, 15) is 14.7 Å². The van der Waals surface area contributed by atoms with Crippen molar-refractivity contribution in [1.82, 2.24) is 4.90 Å². The SMILES string of the molecule is CCCCCC1CC[CH-]CC1.CCCCCCCCCOC(=O)CCCCCCCN(CCO)CCCCCCC[C-]=O.[U+2]. The van der Waals surface area contributed by atoms with Crippen LogP contribution < -0.4 is 0 Å². The van der Waals surface area contributed by atoms with Crippen LogP contribution in [0.2, 0.25) is 0 Å². The second-order valence-corrected chi connectivity index (χ2v) is 12.9. The molecule has 0 aromatic carbocycles. The number of hydrogen-bond acceptors (Lipinski definition) is 5. The summed E-state index contributed by atoms with van der Waals surface area (Å²) in [7, 11) is 0. The average Bonchev–Trinajstić information content (AvgIpc) is 3.02. The number of nitrogens with zero attached hydrogens (tertiary/aromatic N) is 1. The monoisotopic (exact) mass is 846 g/mol. The van der Waals surface area contributed by atoms with E-state index < -0.39 is 0 Å². The summed E-state index contributed by atoms with van der Waals surface area (Å²) in [6.07, 6.45) is 36.8. The Hall–Kier alpha value is 0.112. The third kappa shape index (κ3) is 35.0. The van der Waals surface area contributed by atoms with E-state index in [-0.39, 0.29) is 43.7 Å². The summed E-state index contributed by atoms with van der Waals surface area (Å²) in [4.78, 5) is 24.3. The van der Waals surface area contributed by atoms with Gasteiger partial charge in [-0.05, 0) is 44.7 Å². The number of carbonyl (C=O) groups is 1. The van der Waals surface area contributed by atoms with Gasteiger partial charge in [0.1, 0.15) is 0 Å². The van der Waals surface area contributed by atoms with Gasteiger partial charge >= 0.3 is 37.1 Å². The van der Waals surface area contributed by atoms with Crippen LogP contribution in [0.15, 0.2) is 0 Å². The van der Waals surface area contributed by atoms with Crippen LogP contribution in [0, 0.1) is 43.5 Å². The van der Waals surface area contributed by atoms with Crippen LogP contribution in [0.3, 0.4) is 0 Å². The zero-order chi connectivity index (χ0) is 31.5. The van der Waals surface area contributed by atoms with Crippen molar-refractivity contribution in [2.75, 3.05) is 32.8 Å². The number of hydrogen-bond donors (Lipinski definition) is 1. The van der Waals surface area contributed by atoms with Gasteiger partial charge in [-0.25, -0.2) is 0 Å². The standard InChI is InChI=1S/C27H52NO4.C11H21.U/c1-2-3-4-5-8-14-19-26-32-27(31)20-15-10-9-12-17-22-28(23-25-30)21-16-11-6-7-13-18-24-29;1-2-3-5-8-11-9-6-4-7-10-11;/h30H,2-23,25-26H2,1H3;4,11H,2-3,5-10H2,1H3;/q2*-1;+2. The average molecular weight is 846 g/mol. The van der Waals surface area contributed by atoms with E-state index in [4.69, 9.17) is 4.74 Å². The first-order chi connectivity index (χ1) is 21.2. The molecule has 0 bridgehead atoms. The second kappa shape index (κ2) is 39.3. The fraction of sp³-hybridized carbons (Fsp3) is 0.921. The summed E-state index contributed by atoms with van der Waals surface area (Å²) < 4.78 is 5.34. The van der Waals surface area contributed by atoms with E-state index in [1.807, 2.05) is 6.29 Å². The first-order valence-electron chi connectivity index (χ1n) is 18.8. The van der Waals surface area contributed by atoms with Gasteiger partial charge in [0.2, 0.25) is 0 Å². The molecule has 258 valence electrons. The molecule has 1 saturated carbocycles. The van der Waals surface area contributed by atoms with Crippen LogP contribution in [0.5, 0.6) is 0 Å². The number of rotatable bonds is 30. The normalized spacial score (nSPS) is 13.3. The first kappa shape index (κ1) is 46.2. The van der Waals surface area contributed by atoms with Gasteiger partial charge in [-0.2, -0.15) is 19.3 Å². The molecule has 0 unspecified atom stereocenters. The van der Waals surface area contributed by atoms with Gasteiger partial charge in [0, 0.05) is 13.0 Å². The van der Waals surface area contributed by atoms with Gasteiger partial charge in [-0.3, -0.25) is 11.1 Å². The van der Waals surface area contributed by atoms with Gasteiger partial charge in [0.25, 0.3) is 0 Å². The van der Waals surface area contributed by atoms with Crippen molar-refractivity contribution in [2.24, 2.45) is 5.92 Å². The van der Waals surface area contributed by atoms with E-state index >= 15 is 0 Å². The smallest absolute Gasteiger partial charge is 0.542 e. The molecule has 1 aliphatic carbocycles. The van der Waals surface area contributed by atoms with Crippen molar-refractivity contribution < 1.29 is 50.5 Å². The molecule has 44 heavy (non-hydrogen) atoms. The predicted molar refractivity (Wildman–Crippen MR) is 184 cm³/mol. The zero-order valence-electron chi connectivity index (χ0n) is 29.4. The molecule has 1 rings (SSSR count). The molecule has 0 heterocycles. The second-order valence-electron chi connectivity index (χ2n) is 12.9. The Bertz CT molecular complexity index is 571. The molecule has 0 aromatic rings. The Balaban J connectivity index is 0.